The molecule has 92 valence electrons. The first-order valence-corrected chi connectivity index (χ1v) is 6.04. The minimum Gasteiger partial charge on any atom is -0.342 e. The van der Waals surface area contributed by atoms with Crippen LogP contribution >= 0.6 is 0 Å². The molecule has 0 atom stereocenters. The van der Waals surface area contributed by atoms with Crippen molar-refractivity contribution in [1.29, 1.82) is 0 Å². The van der Waals surface area contributed by atoms with Crippen LogP contribution in [0.15, 0.2) is 11.1 Å². The zero-order valence-electron chi connectivity index (χ0n) is 11.8. The van der Waals surface area contributed by atoms with Gasteiger partial charge in [-0.25, -0.2) is 0 Å². The third kappa shape index (κ3) is 2.47. The molecule has 2 heteroatoms. The number of nitrogens with zero attached hydrogens (tertiary/aromatic N) is 1. The van der Waals surface area contributed by atoms with E-state index in [-0.39, 0.29) is 16.7 Å². The molecule has 0 unspecified atom stereocenters. The van der Waals surface area contributed by atoms with Crippen LogP contribution in [0, 0.1) is 10.8 Å². The molecular weight excluding hydrogens is 198 g/mol. The Morgan fingerprint density at radius 2 is 1.50 bits per heavy atom. The molecular formula is C14H25NO. The third-order valence-electron chi connectivity index (χ3n) is 3.21. The minimum absolute atomic E-state index is 0.0611. The molecule has 1 aliphatic rings. The van der Waals surface area contributed by atoms with Crippen molar-refractivity contribution >= 4 is 5.91 Å². The summed E-state index contributed by atoms with van der Waals surface area (Å²) in [5.74, 6) is 0.212. The molecule has 1 heterocycles. The van der Waals surface area contributed by atoms with E-state index in [1.54, 1.807) is 0 Å². The normalized spacial score (nSPS) is 19.4. The molecule has 0 saturated carbocycles. The van der Waals surface area contributed by atoms with Crippen molar-refractivity contribution in [2.75, 3.05) is 13.6 Å². The Kier molecular flexibility index (Phi) is 3.24. The fraction of sp³-hybridized carbons (Fsp3) is 0.786. The molecule has 0 fully saturated rings. The number of likely N-dealkylation sites (N-methyl/N-ethyl adjacent to an activating group) is 1. The van der Waals surface area contributed by atoms with Gasteiger partial charge in [0, 0.05) is 19.2 Å². The highest BCUT2D eigenvalue weighted by molar-refractivity contribution is 5.96. The Bertz CT molecular complexity index is 326. The lowest BCUT2D eigenvalue weighted by Crippen LogP contribution is -2.40. The quantitative estimate of drug-likeness (QED) is 0.617. The predicted octanol–water partition coefficient (Wildman–Crippen LogP) is 3.24. The minimum atomic E-state index is -0.0611. The molecule has 0 spiro atoms. The number of hydrogen-bond donors (Lipinski definition) is 0. The van der Waals surface area contributed by atoms with Gasteiger partial charge in [-0.15, -0.1) is 0 Å². The van der Waals surface area contributed by atoms with Crippen molar-refractivity contribution in [3.63, 3.8) is 0 Å². The Balaban J connectivity index is 3.35. The van der Waals surface area contributed by atoms with Gasteiger partial charge in [0.2, 0.25) is 5.91 Å². The molecule has 0 aliphatic carbocycles. The summed E-state index contributed by atoms with van der Waals surface area (Å²) in [6, 6.07) is 0. The predicted molar refractivity (Wildman–Crippen MR) is 68.2 cm³/mol. The summed E-state index contributed by atoms with van der Waals surface area (Å²) in [4.78, 5) is 14.1. The first-order valence-electron chi connectivity index (χ1n) is 6.04. The molecule has 1 aliphatic heterocycles. The molecule has 0 bridgehead atoms. The summed E-state index contributed by atoms with van der Waals surface area (Å²) in [5, 5.41) is 0. The molecule has 0 aromatic heterocycles. The van der Waals surface area contributed by atoms with E-state index in [0.29, 0.717) is 0 Å². The summed E-state index contributed by atoms with van der Waals surface area (Å²) in [6.45, 7) is 13.8. The van der Waals surface area contributed by atoms with Gasteiger partial charge in [0.25, 0.3) is 0 Å². The van der Waals surface area contributed by atoms with Gasteiger partial charge < -0.3 is 4.90 Å². The summed E-state index contributed by atoms with van der Waals surface area (Å²) in [5.41, 5.74) is 2.39. The van der Waals surface area contributed by atoms with Crippen LogP contribution in [-0.4, -0.2) is 24.4 Å². The monoisotopic (exact) mass is 223 g/mol. The Labute approximate surface area is 99.7 Å². The number of rotatable bonds is 0. The molecule has 1 rings (SSSR count). The summed E-state index contributed by atoms with van der Waals surface area (Å²) < 4.78 is 0. The van der Waals surface area contributed by atoms with Crippen LogP contribution < -0.4 is 0 Å². The van der Waals surface area contributed by atoms with Crippen molar-refractivity contribution in [2.45, 2.75) is 48.0 Å². The van der Waals surface area contributed by atoms with Crippen LogP contribution in [0.4, 0.5) is 0 Å². The van der Waals surface area contributed by atoms with E-state index in [4.69, 9.17) is 0 Å². The van der Waals surface area contributed by atoms with Crippen LogP contribution in [0.5, 0.6) is 0 Å². The summed E-state index contributed by atoms with van der Waals surface area (Å²) in [6.07, 6.45) is 1.01. The van der Waals surface area contributed by atoms with Crippen LogP contribution in [0.3, 0.4) is 0 Å². The van der Waals surface area contributed by atoms with Crippen LogP contribution in [0.2, 0.25) is 0 Å². The third-order valence-corrected chi connectivity index (χ3v) is 3.21. The van der Waals surface area contributed by atoms with E-state index in [2.05, 4.69) is 41.5 Å². The first kappa shape index (κ1) is 13.3. The highest BCUT2D eigenvalue weighted by Crippen LogP contribution is 2.41. The van der Waals surface area contributed by atoms with Crippen molar-refractivity contribution < 1.29 is 4.79 Å². The van der Waals surface area contributed by atoms with Gasteiger partial charge in [0.1, 0.15) is 0 Å². The van der Waals surface area contributed by atoms with E-state index < -0.39 is 0 Å². The van der Waals surface area contributed by atoms with Gasteiger partial charge in [0.15, 0.2) is 0 Å². The van der Waals surface area contributed by atoms with Gasteiger partial charge in [-0.2, -0.15) is 0 Å². The van der Waals surface area contributed by atoms with E-state index in [9.17, 15) is 4.79 Å². The number of hydrogen-bond acceptors (Lipinski definition) is 1. The molecule has 0 saturated heterocycles. The van der Waals surface area contributed by atoms with Crippen molar-refractivity contribution in [3.05, 3.63) is 11.1 Å². The van der Waals surface area contributed by atoms with Crippen molar-refractivity contribution in [3.8, 4) is 0 Å². The fourth-order valence-electron chi connectivity index (χ4n) is 2.35. The average molecular weight is 223 g/mol. The van der Waals surface area contributed by atoms with Gasteiger partial charge in [0.05, 0.1) is 0 Å². The van der Waals surface area contributed by atoms with E-state index in [0.717, 1.165) is 18.5 Å². The van der Waals surface area contributed by atoms with Crippen molar-refractivity contribution in [1.82, 2.24) is 4.90 Å². The molecule has 16 heavy (non-hydrogen) atoms. The van der Waals surface area contributed by atoms with Crippen LogP contribution in [0.1, 0.15) is 48.0 Å². The molecule has 0 aromatic rings. The van der Waals surface area contributed by atoms with Gasteiger partial charge in [-0.3, -0.25) is 4.79 Å². The summed E-state index contributed by atoms with van der Waals surface area (Å²) >= 11 is 0. The lowest BCUT2D eigenvalue weighted by Gasteiger charge is -2.38. The van der Waals surface area contributed by atoms with Gasteiger partial charge >= 0.3 is 0 Å². The van der Waals surface area contributed by atoms with Crippen molar-refractivity contribution in [2.24, 2.45) is 10.8 Å². The number of carbonyl (C=O) groups excluding carboxylic acids is 1. The maximum absolute atomic E-state index is 12.3. The molecule has 0 radical (unpaired) electrons. The fourth-order valence-corrected chi connectivity index (χ4v) is 2.35. The number of amides is 1. The molecule has 2 nitrogen and oxygen atoms in total. The Morgan fingerprint density at radius 1 is 1.00 bits per heavy atom. The highest BCUT2D eigenvalue weighted by Gasteiger charge is 2.36. The van der Waals surface area contributed by atoms with Crippen LogP contribution in [-0.2, 0) is 4.79 Å². The van der Waals surface area contributed by atoms with E-state index in [1.165, 1.54) is 5.57 Å². The van der Waals surface area contributed by atoms with E-state index in [1.807, 2.05) is 11.9 Å². The standard InChI is InChI=1S/C14H25NO/c1-13(2,3)10-8-9-15(7)12(16)11(10)14(4,5)6/h8-9H2,1-7H3. The maximum atomic E-state index is 12.3. The maximum Gasteiger partial charge on any atom is 0.250 e. The van der Waals surface area contributed by atoms with Gasteiger partial charge in [-0.05, 0) is 17.3 Å². The Hall–Kier alpha value is -0.790. The first-order chi connectivity index (χ1) is 7.05. The molecule has 0 aromatic carbocycles. The van der Waals surface area contributed by atoms with Gasteiger partial charge in [-0.1, -0.05) is 47.1 Å². The lowest BCUT2D eigenvalue weighted by molar-refractivity contribution is -0.127. The smallest absolute Gasteiger partial charge is 0.250 e. The lowest BCUT2D eigenvalue weighted by atomic mass is 9.72. The second kappa shape index (κ2) is 3.90. The Morgan fingerprint density at radius 3 is 1.88 bits per heavy atom. The van der Waals surface area contributed by atoms with E-state index >= 15 is 0 Å². The SMILES string of the molecule is CN1CCC(C(C)(C)C)=C(C(C)(C)C)C1=O. The zero-order valence-corrected chi connectivity index (χ0v) is 11.8. The molecule has 1 amide bonds. The topological polar surface area (TPSA) is 20.3 Å². The second-order valence-electron chi connectivity index (χ2n) is 6.83. The molecule has 0 N–H and O–H groups in total. The second-order valence-corrected chi connectivity index (χ2v) is 6.83. The van der Waals surface area contributed by atoms with Crippen LogP contribution in [0.25, 0.3) is 0 Å². The zero-order chi connectivity index (χ0) is 12.7. The average Bonchev–Trinajstić information content (AvgIpc) is 2.05. The number of carbonyl (C=O) groups is 1. The highest BCUT2D eigenvalue weighted by atomic mass is 16.2. The largest absolute Gasteiger partial charge is 0.342 e. The summed E-state index contributed by atoms with van der Waals surface area (Å²) in [7, 11) is 1.90.